The molecule has 38 heavy (non-hydrogen) atoms. The molecule has 0 unspecified atom stereocenters. The number of hydrogen-bond donors (Lipinski definition) is 2. The second-order valence-electron chi connectivity index (χ2n) is 9.26. The van der Waals surface area contributed by atoms with E-state index in [4.69, 9.17) is 21.6 Å². The molecule has 3 heterocycles. The molecule has 13 heteroatoms. The van der Waals surface area contributed by atoms with Crippen molar-refractivity contribution in [1.82, 2.24) is 14.9 Å². The number of benzene rings is 1. The summed E-state index contributed by atoms with van der Waals surface area (Å²) < 4.78 is 39.6. The first-order chi connectivity index (χ1) is 18.2. The van der Waals surface area contributed by atoms with Gasteiger partial charge in [-0.3, -0.25) is 14.6 Å². The summed E-state index contributed by atoms with van der Waals surface area (Å²) in [5.41, 5.74) is 4.60. The number of nitrogens with zero attached hydrogens (tertiary/aromatic N) is 4. The predicted molar refractivity (Wildman–Crippen MR) is 135 cm³/mol. The van der Waals surface area contributed by atoms with Gasteiger partial charge in [0.15, 0.2) is 23.4 Å². The van der Waals surface area contributed by atoms with Crippen LogP contribution in [-0.4, -0.2) is 69.5 Å². The first kappa shape index (κ1) is 25.9. The monoisotopic (exact) mass is 542 g/mol. The standard InChI is InChI=1S/C25H24F2N6O4S/c1-3-6-37-19-13-29-17(12-30-19)21(34)31-14-9-15(20(27)16(26)10-14)24(2)18-11-25(18,38-23(28)32-24)22(35)33-4-7-36-8-5-33/h1,9-10,12-13,18H,4-8,11H2,2H3,(H2,28,32)(H,31,34)/t18-,24+,25-/m0/s1. The van der Waals surface area contributed by atoms with E-state index in [1.165, 1.54) is 18.5 Å². The highest BCUT2D eigenvalue weighted by Crippen LogP contribution is 2.66. The number of nitrogens with two attached hydrogens (primary N) is 1. The molecule has 0 spiro atoms. The van der Waals surface area contributed by atoms with Gasteiger partial charge in [-0.1, -0.05) is 17.7 Å². The van der Waals surface area contributed by atoms with Gasteiger partial charge in [-0.05, 0) is 19.4 Å². The number of carbonyl (C=O) groups excluding carboxylic acids is 2. The highest BCUT2D eigenvalue weighted by atomic mass is 32.2. The summed E-state index contributed by atoms with van der Waals surface area (Å²) in [4.78, 5) is 40.3. The molecule has 1 saturated carbocycles. The minimum atomic E-state index is -1.33. The van der Waals surface area contributed by atoms with E-state index in [2.05, 4.69) is 26.2 Å². The van der Waals surface area contributed by atoms with Crippen LogP contribution >= 0.6 is 11.8 Å². The molecule has 3 atom stereocenters. The van der Waals surface area contributed by atoms with E-state index in [0.717, 1.165) is 17.8 Å². The summed E-state index contributed by atoms with van der Waals surface area (Å²) >= 11 is 1.16. The van der Waals surface area contributed by atoms with Crippen LogP contribution in [0.2, 0.25) is 0 Å². The lowest BCUT2D eigenvalue weighted by atomic mass is 9.85. The highest BCUT2D eigenvalue weighted by Gasteiger charge is 2.71. The Morgan fingerprint density at radius 2 is 2.08 bits per heavy atom. The Morgan fingerprint density at radius 3 is 2.76 bits per heavy atom. The van der Waals surface area contributed by atoms with Crippen LogP contribution < -0.4 is 15.8 Å². The van der Waals surface area contributed by atoms with Crippen molar-refractivity contribution in [2.45, 2.75) is 23.6 Å². The minimum Gasteiger partial charge on any atom is -0.463 e. The molecule has 2 aromatic rings. The number of thioether (sulfide) groups is 1. The summed E-state index contributed by atoms with van der Waals surface area (Å²) in [6.07, 6.45) is 7.92. The van der Waals surface area contributed by atoms with Crippen LogP contribution in [0.3, 0.4) is 0 Å². The third-order valence-electron chi connectivity index (χ3n) is 6.87. The van der Waals surface area contributed by atoms with Crippen LogP contribution in [0.15, 0.2) is 29.5 Å². The number of aliphatic imine (C=N–C) groups is 1. The molecule has 2 amide bonds. The Hall–Kier alpha value is -3.76. The number of terminal acetylenes is 1. The molecule has 1 saturated heterocycles. The zero-order chi connectivity index (χ0) is 27.1. The molecule has 1 aromatic carbocycles. The summed E-state index contributed by atoms with van der Waals surface area (Å²) in [6.45, 7) is 3.39. The number of carbonyl (C=O) groups is 2. The Kier molecular flexibility index (Phi) is 6.70. The van der Waals surface area contributed by atoms with Crippen LogP contribution in [0.1, 0.15) is 29.4 Å². The topological polar surface area (TPSA) is 132 Å². The van der Waals surface area contributed by atoms with E-state index < -0.39 is 33.7 Å². The fraction of sp³-hybridized carbons (Fsp3) is 0.400. The molecule has 5 rings (SSSR count). The van der Waals surface area contributed by atoms with E-state index in [1.807, 2.05) is 0 Å². The zero-order valence-electron chi connectivity index (χ0n) is 20.4. The van der Waals surface area contributed by atoms with Gasteiger partial charge in [0.05, 0.1) is 31.1 Å². The summed E-state index contributed by atoms with van der Waals surface area (Å²) in [5, 5.41) is 2.62. The molecule has 3 aliphatic rings. The van der Waals surface area contributed by atoms with Crippen LogP contribution in [0.5, 0.6) is 5.88 Å². The second kappa shape index (κ2) is 9.85. The second-order valence-corrected chi connectivity index (χ2v) is 10.6. The third-order valence-corrected chi connectivity index (χ3v) is 8.16. The van der Waals surface area contributed by atoms with Crippen molar-refractivity contribution in [1.29, 1.82) is 0 Å². The quantitative estimate of drug-likeness (QED) is 0.530. The molecule has 1 aromatic heterocycles. The highest BCUT2D eigenvalue weighted by molar-refractivity contribution is 8.15. The van der Waals surface area contributed by atoms with Crippen molar-refractivity contribution in [2.75, 3.05) is 38.2 Å². The van der Waals surface area contributed by atoms with Gasteiger partial charge in [0.25, 0.3) is 5.91 Å². The molecular formula is C25H24F2N6O4S. The first-order valence-electron chi connectivity index (χ1n) is 11.8. The normalized spacial score (nSPS) is 26.0. The maximum Gasteiger partial charge on any atom is 0.275 e. The Morgan fingerprint density at radius 1 is 1.32 bits per heavy atom. The molecule has 0 bridgehead atoms. The number of morpholine rings is 1. The largest absolute Gasteiger partial charge is 0.463 e. The zero-order valence-corrected chi connectivity index (χ0v) is 21.2. The fourth-order valence-electron chi connectivity index (χ4n) is 4.94. The maximum atomic E-state index is 15.3. The van der Waals surface area contributed by atoms with Gasteiger partial charge in [-0.25, -0.2) is 18.7 Å². The van der Waals surface area contributed by atoms with E-state index in [1.54, 1.807) is 11.8 Å². The lowest BCUT2D eigenvalue weighted by Gasteiger charge is -2.37. The molecule has 2 fully saturated rings. The number of hydrogen-bond acceptors (Lipinski definition) is 9. The molecule has 3 N–H and O–H groups in total. The fourth-order valence-corrected chi connectivity index (χ4v) is 6.38. The number of nitrogens with one attached hydrogen (secondary N) is 1. The van der Waals surface area contributed by atoms with E-state index in [-0.39, 0.29) is 40.5 Å². The van der Waals surface area contributed by atoms with E-state index in [0.29, 0.717) is 32.7 Å². The van der Waals surface area contributed by atoms with E-state index in [9.17, 15) is 14.0 Å². The van der Waals surface area contributed by atoms with Crippen LogP contribution in [0, 0.1) is 29.9 Å². The number of aromatic nitrogens is 2. The Bertz CT molecular complexity index is 1360. The van der Waals surface area contributed by atoms with Crippen LogP contribution in [0.4, 0.5) is 14.5 Å². The SMILES string of the molecule is C#CCOc1cnc(C(=O)Nc2cc(F)c(F)c([C@@]3(C)N=C(N)S[C@@]4(C(=O)N5CCOCC5)C[C@H]43)c2)cn1. The van der Waals surface area contributed by atoms with Crippen molar-refractivity contribution in [2.24, 2.45) is 16.6 Å². The molecule has 198 valence electrons. The van der Waals surface area contributed by atoms with Gasteiger partial charge >= 0.3 is 0 Å². The lowest BCUT2D eigenvalue weighted by molar-refractivity contribution is -0.135. The predicted octanol–water partition coefficient (Wildman–Crippen LogP) is 1.91. The van der Waals surface area contributed by atoms with Crippen molar-refractivity contribution in [3.63, 3.8) is 0 Å². The average Bonchev–Trinajstić information content (AvgIpc) is 3.66. The maximum absolute atomic E-state index is 15.3. The molecule has 1 aliphatic carbocycles. The number of anilines is 1. The number of amidine groups is 1. The van der Waals surface area contributed by atoms with Crippen molar-refractivity contribution in [3.8, 4) is 18.2 Å². The number of halogens is 2. The molecule has 2 aliphatic heterocycles. The van der Waals surface area contributed by atoms with Crippen LogP contribution in [0.25, 0.3) is 0 Å². The van der Waals surface area contributed by atoms with Gasteiger partial charge in [-0.2, -0.15) is 0 Å². The summed E-state index contributed by atoms with van der Waals surface area (Å²) in [7, 11) is 0. The molecule has 0 radical (unpaired) electrons. The third kappa shape index (κ3) is 4.54. The van der Waals surface area contributed by atoms with Crippen molar-refractivity contribution >= 4 is 34.4 Å². The van der Waals surface area contributed by atoms with Gasteiger partial charge in [0.2, 0.25) is 11.8 Å². The molecular weight excluding hydrogens is 518 g/mol. The van der Waals surface area contributed by atoms with Gasteiger partial charge in [0.1, 0.15) is 10.4 Å². The summed E-state index contributed by atoms with van der Waals surface area (Å²) in [6, 6.07) is 2.17. The number of rotatable bonds is 6. The number of fused-ring (bicyclic) bond motifs is 1. The van der Waals surface area contributed by atoms with Gasteiger partial charge in [-0.15, -0.1) is 6.42 Å². The minimum absolute atomic E-state index is 0.0115. The molecule has 10 nitrogen and oxygen atoms in total. The first-order valence-corrected chi connectivity index (χ1v) is 12.6. The number of amides is 2. The van der Waals surface area contributed by atoms with Crippen molar-refractivity contribution in [3.05, 3.63) is 47.4 Å². The Balaban J connectivity index is 1.41. The lowest BCUT2D eigenvalue weighted by Crippen LogP contribution is -2.49. The van der Waals surface area contributed by atoms with Gasteiger partial charge in [0, 0.05) is 36.3 Å². The Labute approximate surface area is 221 Å². The van der Waals surface area contributed by atoms with E-state index >= 15 is 4.39 Å². The van der Waals surface area contributed by atoms with Crippen LogP contribution in [-0.2, 0) is 15.1 Å². The number of ether oxygens (including phenoxy) is 2. The van der Waals surface area contributed by atoms with Crippen molar-refractivity contribution < 1.29 is 27.8 Å². The van der Waals surface area contributed by atoms with Gasteiger partial charge < -0.3 is 25.4 Å². The average molecular weight is 543 g/mol. The smallest absolute Gasteiger partial charge is 0.275 e. The summed E-state index contributed by atoms with van der Waals surface area (Å²) in [5.74, 6) is -1.12.